The number of nitrogens with one attached hydrogen (secondary N) is 1. The van der Waals surface area contributed by atoms with Crippen LogP contribution in [0.5, 0.6) is 0 Å². The van der Waals surface area contributed by atoms with Gasteiger partial charge in [-0.2, -0.15) is 5.10 Å². The lowest BCUT2D eigenvalue weighted by Gasteiger charge is -2.36. The molecule has 0 aliphatic carbocycles. The lowest BCUT2D eigenvalue weighted by atomic mass is 9.76. The van der Waals surface area contributed by atoms with Gasteiger partial charge in [-0.3, -0.25) is 14.5 Å². The standard InChI is InChI=1S/C22H28N4O4/c1-2-17-19-18(13-22(15-24-20(19)27)6-11-29-12-7-22)26(25-17)9-4-10-30-21(28)16-5-3-8-23-14-16/h3,5,8,14H,2,4,6-7,9-13,15H2,1H3,(H,24,27). The van der Waals surface area contributed by atoms with E-state index in [0.29, 0.717) is 31.5 Å². The van der Waals surface area contributed by atoms with Crippen molar-refractivity contribution in [2.75, 3.05) is 26.4 Å². The Morgan fingerprint density at radius 3 is 2.93 bits per heavy atom. The van der Waals surface area contributed by atoms with Gasteiger partial charge in [-0.25, -0.2) is 4.79 Å². The molecule has 0 unspecified atom stereocenters. The molecule has 1 N–H and O–H groups in total. The highest BCUT2D eigenvalue weighted by atomic mass is 16.5. The van der Waals surface area contributed by atoms with Gasteiger partial charge >= 0.3 is 5.97 Å². The van der Waals surface area contributed by atoms with Crippen molar-refractivity contribution >= 4 is 11.9 Å². The van der Waals surface area contributed by atoms with Crippen LogP contribution in [-0.4, -0.2) is 53.0 Å². The van der Waals surface area contributed by atoms with Gasteiger partial charge in [-0.1, -0.05) is 6.92 Å². The first-order valence-electron chi connectivity index (χ1n) is 10.6. The molecule has 2 aliphatic rings. The van der Waals surface area contributed by atoms with Gasteiger partial charge in [0.1, 0.15) is 0 Å². The average Bonchev–Trinajstić information content (AvgIpc) is 3.06. The number of amides is 1. The van der Waals surface area contributed by atoms with Crippen molar-refractivity contribution in [3.63, 3.8) is 0 Å². The molecular weight excluding hydrogens is 384 g/mol. The molecular formula is C22H28N4O4. The summed E-state index contributed by atoms with van der Waals surface area (Å²) in [5.41, 5.74) is 3.03. The lowest BCUT2D eigenvalue weighted by Crippen LogP contribution is -2.40. The number of ether oxygens (including phenoxy) is 2. The van der Waals surface area contributed by atoms with Crippen LogP contribution in [0.15, 0.2) is 24.5 Å². The van der Waals surface area contributed by atoms with E-state index in [1.165, 1.54) is 6.20 Å². The van der Waals surface area contributed by atoms with Crippen LogP contribution in [0.4, 0.5) is 0 Å². The second-order valence-corrected chi connectivity index (χ2v) is 8.05. The molecule has 0 aromatic carbocycles. The Hall–Kier alpha value is -2.74. The molecule has 1 amide bonds. The van der Waals surface area contributed by atoms with Crippen LogP contribution in [0.3, 0.4) is 0 Å². The summed E-state index contributed by atoms with van der Waals surface area (Å²) in [6, 6.07) is 3.39. The fourth-order valence-electron chi connectivity index (χ4n) is 4.30. The van der Waals surface area contributed by atoms with Gasteiger partial charge in [0.15, 0.2) is 0 Å². The highest BCUT2D eigenvalue weighted by Crippen LogP contribution is 2.37. The monoisotopic (exact) mass is 412 g/mol. The Morgan fingerprint density at radius 1 is 1.37 bits per heavy atom. The highest BCUT2D eigenvalue weighted by molar-refractivity contribution is 5.97. The molecule has 0 radical (unpaired) electrons. The number of hydrogen-bond donors (Lipinski definition) is 1. The summed E-state index contributed by atoms with van der Waals surface area (Å²) in [7, 11) is 0. The van der Waals surface area contributed by atoms with E-state index in [1.54, 1.807) is 18.3 Å². The van der Waals surface area contributed by atoms with Gasteiger partial charge in [-0.05, 0) is 43.2 Å². The summed E-state index contributed by atoms with van der Waals surface area (Å²) in [5.74, 6) is -0.406. The predicted molar refractivity (Wildman–Crippen MR) is 109 cm³/mol. The third kappa shape index (κ3) is 4.23. The van der Waals surface area contributed by atoms with Crippen LogP contribution < -0.4 is 5.32 Å². The fourth-order valence-corrected chi connectivity index (χ4v) is 4.30. The summed E-state index contributed by atoms with van der Waals surface area (Å²) in [6.07, 6.45) is 7.12. The maximum atomic E-state index is 12.8. The van der Waals surface area contributed by atoms with Crippen LogP contribution in [0.1, 0.15) is 58.3 Å². The number of rotatable bonds is 6. The number of pyridine rings is 1. The third-order valence-electron chi connectivity index (χ3n) is 6.06. The molecule has 4 heterocycles. The minimum absolute atomic E-state index is 0.0225. The van der Waals surface area contributed by atoms with Gasteiger partial charge in [0.2, 0.25) is 0 Å². The van der Waals surface area contributed by atoms with E-state index in [2.05, 4.69) is 10.3 Å². The van der Waals surface area contributed by atoms with Crippen LogP contribution in [0.2, 0.25) is 0 Å². The van der Waals surface area contributed by atoms with Crippen molar-refractivity contribution in [1.82, 2.24) is 20.1 Å². The number of esters is 1. The van der Waals surface area contributed by atoms with Crippen molar-refractivity contribution in [1.29, 1.82) is 0 Å². The minimum Gasteiger partial charge on any atom is -0.462 e. The summed E-state index contributed by atoms with van der Waals surface area (Å²) < 4.78 is 12.9. The Kier molecular flexibility index (Phi) is 6.13. The molecule has 1 spiro atoms. The predicted octanol–water partition coefficient (Wildman–Crippen LogP) is 2.17. The molecule has 1 fully saturated rings. The number of carbonyl (C=O) groups is 2. The van der Waals surface area contributed by atoms with Gasteiger partial charge in [-0.15, -0.1) is 0 Å². The maximum Gasteiger partial charge on any atom is 0.339 e. The molecule has 2 aliphatic heterocycles. The molecule has 0 saturated carbocycles. The Bertz CT molecular complexity index is 903. The summed E-state index contributed by atoms with van der Waals surface area (Å²) in [6.45, 7) is 5.03. The van der Waals surface area contributed by atoms with E-state index in [1.807, 2.05) is 11.6 Å². The number of fused-ring (bicyclic) bond motifs is 1. The largest absolute Gasteiger partial charge is 0.462 e. The molecule has 1 saturated heterocycles. The SMILES string of the molecule is CCc1nn(CCCOC(=O)c2cccnc2)c2c1C(=O)NCC1(CCOCC1)C2. The van der Waals surface area contributed by atoms with Gasteiger partial charge in [0.25, 0.3) is 5.91 Å². The fraction of sp³-hybridized carbons (Fsp3) is 0.545. The molecule has 0 bridgehead atoms. The third-order valence-corrected chi connectivity index (χ3v) is 6.06. The van der Waals surface area contributed by atoms with Crippen molar-refractivity contribution in [3.05, 3.63) is 47.0 Å². The second kappa shape index (κ2) is 8.95. The van der Waals surface area contributed by atoms with Crippen LogP contribution in [0, 0.1) is 5.41 Å². The normalized spacial score (nSPS) is 17.8. The first-order valence-corrected chi connectivity index (χ1v) is 10.6. The van der Waals surface area contributed by atoms with Gasteiger partial charge in [0.05, 0.1) is 29.1 Å². The zero-order chi connectivity index (χ0) is 21.0. The smallest absolute Gasteiger partial charge is 0.339 e. The van der Waals surface area contributed by atoms with Gasteiger partial charge < -0.3 is 14.8 Å². The van der Waals surface area contributed by atoms with E-state index >= 15 is 0 Å². The molecule has 0 atom stereocenters. The van der Waals surface area contributed by atoms with Crippen LogP contribution >= 0.6 is 0 Å². The summed E-state index contributed by atoms with van der Waals surface area (Å²) in [5, 5.41) is 7.86. The van der Waals surface area contributed by atoms with Crippen molar-refractivity contribution < 1.29 is 19.1 Å². The van der Waals surface area contributed by atoms with Crippen molar-refractivity contribution in [3.8, 4) is 0 Å². The Labute approximate surface area is 176 Å². The Balaban J connectivity index is 1.46. The first kappa shape index (κ1) is 20.5. The molecule has 4 rings (SSSR count). The van der Waals surface area contributed by atoms with E-state index in [-0.39, 0.29) is 23.9 Å². The quantitative estimate of drug-likeness (QED) is 0.577. The van der Waals surface area contributed by atoms with Gasteiger partial charge in [0, 0.05) is 45.1 Å². The maximum absolute atomic E-state index is 12.8. The summed E-state index contributed by atoms with van der Waals surface area (Å²) in [4.78, 5) is 28.8. The zero-order valence-corrected chi connectivity index (χ0v) is 17.4. The van der Waals surface area contributed by atoms with Crippen LogP contribution in [-0.2, 0) is 28.9 Å². The number of hydrogen-bond acceptors (Lipinski definition) is 6. The Morgan fingerprint density at radius 2 is 2.20 bits per heavy atom. The summed E-state index contributed by atoms with van der Waals surface area (Å²) >= 11 is 0. The van der Waals surface area contributed by atoms with Crippen molar-refractivity contribution in [2.45, 2.75) is 45.6 Å². The second-order valence-electron chi connectivity index (χ2n) is 8.05. The van der Waals surface area contributed by atoms with Crippen LogP contribution in [0.25, 0.3) is 0 Å². The number of nitrogens with zero attached hydrogens (tertiary/aromatic N) is 3. The van der Waals surface area contributed by atoms with E-state index in [4.69, 9.17) is 14.6 Å². The van der Waals surface area contributed by atoms with E-state index < -0.39 is 0 Å². The first-order chi connectivity index (χ1) is 14.6. The molecule has 8 heteroatoms. The topological polar surface area (TPSA) is 95.3 Å². The van der Waals surface area contributed by atoms with Crippen molar-refractivity contribution in [2.24, 2.45) is 5.41 Å². The highest BCUT2D eigenvalue weighted by Gasteiger charge is 2.39. The molecule has 8 nitrogen and oxygen atoms in total. The molecule has 30 heavy (non-hydrogen) atoms. The molecule has 2 aromatic heterocycles. The minimum atomic E-state index is -0.378. The average molecular weight is 412 g/mol. The number of carbonyl (C=O) groups excluding carboxylic acids is 2. The molecule has 2 aromatic rings. The van der Waals surface area contributed by atoms with E-state index in [0.717, 1.165) is 49.4 Å². The van der Waals surface area contributed by atoms with E-state index in [9.17, 15) is 9.59 Å². The zero-order valence-electron chi connectivity index (χ0n) is 17.4. The lowest BCUT2D eigenvalue weighted by molar-refractivity contribution is 0.0152. The number of aromatic nitrogens is 3. The number of aryl methyl sites for hydroxylation is 2. The molecule has 160 valence electrons.